The maximum atomic E-state index is 9.91. The van der Waals surface area contributed by atoms with Crippen LogP contribution in [0, 0.1) is 5.41 Å². The average molecular weight is 245 g/mol. The molecule has 1 amide bonds. The monoisotopic (exact) mass is 245 g/mol. The Balaban J connectivity index is 0.000000181. The van der Waals surface area contributed by atoms with Gasteiger partial charge in [0.05, 0.1) is 25.9 Å². The highest BCUT2D eigenvalue weighted by Gasteiger charge is 2.27. The summed E-state index contributed by atoms with van der Waals surface area (Å²) in [7, 11) is 0. The van der Waals surface area contributed by atoms with Gasteiger partial charge in [-0.15, -0.1) is 0 Å². The van der Waals surface area contributed by atoms with E-state index in [9.17, 15) is 4.79 Å². The zero-order valence-corrected chi connectivity index (χ0v) is 10.9. The molecule has 17 heavy (non-hydrogen) atoms. The summed E-state index contributed by atoms with van der Waals surface area (Å²) in [6.07, 6.45) is 0.527. The SMILES string of the molecule is CC(C)(C)C1COCCO1.O=C(O)N1CCC1. The van der Waals surface area contributed by atoms with Crippen LogP contribution < -0.4 is 0 Å². The van der Waals surface area contributed by atoms with E-state index in [1.165, 1.54) is 4.90 Å². The van der Waals surface area contributed by atoms with Gasteiger partial charge < -0.3 is 19.5 Å². The van der Waals surface area contributed by atoms with Crippen LogP contribution in [0.25, 0.3) is 0 Å². The molecule has 0 aromatic carbocycles. The second-order valence-corrected chi connectivity index (χ2v) is 5.42. The summed E-state index contributed by atoms with van der Waals surface area (Å²) in [5.74, 6) is 0. The predicted molar refractivity (Wildman–Crippen MR) is 64.2 cm³/mol. The molecule has 0 saturated carbocycles. The van der Waals surface area contributed by atoms with Gasteiger partial charge >= 0.3 is 6.09 Å². The van der Waals surface area contributed by atoms with E-state index in [-0.39, 0.29) is 11.5 Å². The van der Waals surface area contributed by atoms with Crippen LogP contribution in [0.3, 0.4) is 0 Å². The number of carboxylic acid groups (broad SMARTS) is 1. The van der Waals surface area contributed by atoms with E-state index in [0.29, 0.717) is 0 Å². The van der Waals surface area contributed by atoms with Crippen molar-refractivity contribution < 1.29 is 19.4 Å². The van der Waals surface area contributed by atoms with Gasteiger partial charge in [-0.1, -0.05) is 20.8 Å². The lowest BCUT2D eigenvalue weighted by Crippen LogP contribution is -2.40. The van der Waals surface area contributed by atoms with Crippen LogP contribution in [-0.2, 0) is 9.47 Å². The van der Waals surface area contributed by atoms with E-state index in [4.69, 9.17) is 14.6 Å². The Bertz CT molecular complexity index is 239. The normalized spacial score (nSPS) is 24.4. The van der Waals surface area contributed by atoms with Gasteiger partial charge in [0, 0.05) is 13.1 Å². The molecular weight excluding hydrogens is 222 g/mol. The number of hydrogen-bond donors (Lipinski definition) is 1. The molecule has 2 aliphatic rings. The van der Waals surface area contributed by atoms with Crippen molar-refractivity contribution in [1.82, 2.24) is 4.90 Å². The first kappa shape index (κ1) is 14.3. The Morgan fingerprint density at radius 3 is 2.12 bits per heavy atom. The minimum absolute atomic E-state index is 0.223. The van der Waals surface area contributed by atoms with Crippen molar-refractivity contribution in [3.63, 3.8) is 0 Å². The number of amides is 1. The topological polar surface area (TPSA) is 59.0 Å². The lowest BCUT2D eigenvalue weighted by Gasteiger charge is -2.33. The zero-order chi connectivity index (χ0) is 12.9. The van der Waals surface area contributed by atoms with Crippen LogP contribution in [0.15, 0.2) is 0 Å². The Labute approximate surface area is 103 Å². The Kier molecular flexibility index (Phi) is 5.21. The van der Waals surface area contributed by atoms with E-state index in [0.717, 1.165) is 39.3 Å². The third-order valence-electron chi connectivity index (χ3n) is 2.91. The van der Waals surface area contributed by atoms with Crippen LogP contribution in [0.5, 0.6) is 0 Å². The van der Waals surface area contributed by atoms with Gasteiger partial charge in [0.2, 0.25) is 0 Å². The Morgan fingerprint density at radius 1 is 1.29 bits per heavy atom. The molecule has 5 nitrogen and oxygen atoms in total. The maximum Gasteiger partial charge on any atom is 0.407 e. The van der Waals surface area contributed by atoms with Crippen LogP contribution in [0.1, 0.15) is 27.2 Å². The Hall–Kier alpha value is -0.810. The van der Waals surface area contributed by atoms with Crippen molar-refractivity contribution in [3.8, 4) is 0 Å². The minimum Gasteiger partial charge on any atom is -0.465 e. The third-order valence-corrected chi connectivity index (χ3v) is 2.91. The summed E-state index contributed by atoms with van der Waals surface area (Å²) in [4.78, 5) is 11.3. The summed E-state index contributed by atoms with van der Waals surface area (Å²) in [6.45, 7) is 10.2. The lowest BCUT2D eigenvalue weighted by molar-refractivity contribution is -0.128. The highest BCUT2D eigenvalue weighted by atomic mass is 16.6. The second-order valence-electron chi connectivity index (χ2n) is 5.42. The fraction of sp³-hybridized carbons (Fsp3) is 0.917. The van der Waals surface area contributed by atoms with E-state index in [1.807, 2.05) is 0 Å². The largest absolute Gasteiger partial charge is 0.465 e. The molecule has 2 saturated heterocycles. The number of carbonyl (C=O) groups is 1. The minimum atomic E-state index is -0.786. The number of likely N-dealkylation sites (tertiary alicyclic amines) is 1. The summed E-state index contributed by atoms with van der Waals surface area (Å²) in [5.41, 5.74) is 0.223. The first-order valence-corrected chi connectivity index (χ1v) is 6.08. The second kappa shape index (κ2) is 6.21. The lowest BCUT2D eigenvalue weighted by atomic mass is 9.89. The molecule has 2 rings (SSSR count). The molecule has 5 heteroatoms. The molecule has 1 unspecified atom stereocenters. The highest BCUT2D eigenvalue weighted by molar-refractivity contribution is 5.65. The van der Waals surface area contributed by atoms with E-state index < -0.39 is 6.09 Å². The number of nitrogens with zero attached hydrogens (tertiary/aromatic N) is 1. The average Bonchev–Trinajstić information content (AvgIpc) is 2.15. The predicted octanol–water partition coefficient (Wildman–Crippen LogP) is 1.82. The molecule has 0 aromatic rings. The van der Waals surface area contributed by atoms with Crippen molar-refractivity contribution in [2.45, 2.75) is 33.3 Å². The molecule has 100 valence electrons. The molecule has 1 atom stereocenters. The quantitative estimate of drug-likeness (QED) is 0.707. The third kappa shape index (κ3) is 4.91. The molecule has 0 spiro atoms. The molecular formula is C12H23NO4. The first-order valence-electron chi connectivity index (χ1n) is 6.08. The fourth-order valence-electron chi connectivity index (χ4n) is 1.50. The van der Waals surface area contributed by atoms with Crippen LogP contribution >= 0.6 is 0 Å². The van der Waals surface area contributed by atoms with Crippen molar-refractivity contribution in [2.24, 2.45) is 5.41 Å². The number of rotatable bonds is 0. The molecule has 2 aliphatic heterocycles. The standard InChI is InChI=1S/C8H16O2.C4H7NO2/c1-8(2,3)7-6-9-4-5-10-7;6-4(7)5-2-1-3-5/h7H,4-6H2,1-3H3;1-3H2,(H,6,7). The first-order chi connectivity index (χ1) is 7.91. The van der Waals surface area contributed by atoms with Gasteiger partial charge in [-0.3, -0.25) is 0 Å². The molecule has 0 aromatic heterocycles. The molecule has 0 aliphatic carbocycles. The van der Waals surface area contributed by atoms with E-state index in [2.05, 4.69) is 20.8 Å². The van der Waals surface area contributed by atoms with Crippen LogP contribution in [0.2, 0.25) is 0 Å². The smallest absolute Gasteiger partial charge is 0.407 e. The van der Waals surface area contributed by atoms with Crippen LogP contribution in [0.4, 0.5) is 4.79 Å². The molecule has 1 N–H and O–H groups in total. The van der Waals surface area contributed by atoms with Gasteiger partial charge in [-0.05, 0) is 11.8 Å². The molecule has 0 radical (unpaired) electrons. The number of ether oxygens (including phenoxy) is 2. The zero-order valence-electron chi connectivity index (χ0n) is 10.9. The van der Waals surface area contributed by atoms with Crippen molar-refractivity contribution >= 4 is 6.09 Å². The summed E-state index contributed by atoms with van der Waals surface area (Å²) >= 11 is 0. The van der Waals surface area contributed by atoms with E-state index in [1.54, 1.807) is 0 Å². The van der Waals surface area contributed by atoms with Gasteiger partial charge in [0.15, 0.2) is 0 Å². The fourth-order valence-corrected chi connectivity index (χ4v) is 1.50. The van der Waals surface area contributed by atoms with Crippen LogP contribution in [-0.4, -0.2) is 55.1 Å². The van der Waals surface area contributed by atoms with Crippen molar-refractivity contribution in [2.75, 3.05) is 32.9 Å². The van der Waals surface area contributed by atoms with Gasteiger partial charge in [0.25, 0.3) is 0 Å². The summed E-state index contributed by atoms with van der Waals surface area (Å²) < 4.78 is 10.8. The molecule has 0 bridgehead atoms. The van der Waals surface area contributed by atoms with Gasteiger partial charge in [-0.2, -0.15) is 0 Å². The van der Waals surface area contributed by atoms with Crippen molar-refractivity contribution in [3.05, 3.63) is 0 Å². The molecule has 2 fully saturated rings. The van der Waals surface area contributed by atoms with Crippen molar-refractivity contribution in [1.29, 1.82) is 0 Å². The number of hydrogen-bond acceptors (Lipinski definition) is 3. The summed E-state index contributed by atoms with van der Waals surface area (Å²) in [6, 6.07) is 0. The molecule has 2 heterocycles. The highest BCUT2D eigenvalue weighted by Crippen LogP contribution is 2.23. The van der Waals surface area contributed by atoms with Gasteiger partial charge in [0.1, 0.15) is 0 Å². The Morgan fingerprint density at radius 2 is 1.94 bits per heavy atom. The van der Waals surface area contributed by atoms with E-state index >= 15 is 0 Å². The van der Waals surface area contributed by atoms with Gasteiger partial charge in [-0.25, -0.2) is 4.79 Å². The summed E-state index contributed by atoms with van der Waals surface area (Å²) in [5, 5.41) is 8.16. The maximum absolute atomic E-state index is 9.91.